The molecule has 218 valence electrons. The van der Waals surface area contributed by atoms with Crippen molar-refractivity contribution >= 4 is 5.91 Å². The normalized spacial score (nSPS) is 13.8. The maximum Gasteiger partial charge on any atom is 0.251 e. The summed E-state index contributed by atoms with van der Waals surface area (Å²) in [5.74, 6) is 1.37. The van der Waals surface area contributed by atoms with Crippen LogP contribution in [0.1, 0.15) is 45.7 Å². The number of tetrazole rings is 1. The van der Waals surface area contributed by atoms with E-state index in [-0.39, 0.29) is 18.6 Å². The molecule has 0 atom stereocenters. The van der Waals surface area contributed by atoms with Crippen LogP contribution in [-0.4, -0.2) is 52.4 Å². The van der Waals surface area contributed by atoms with Crippen LogP contribution in [0.15, 0.2) is 109 Å². The molecular weight excluding hydrogens is 540 g/mol. The highest BCUT2D eigenvalue weighted by Crippen LogP contribution is 2.40. The predicted molar refractivity (Wildman–Crippen MR) is 163 cm³/mol. The third kappa shape index (κ3) is 5.85. The largest absolute Gasteiger partial charge is 0.497 e. The molecule has 4 aromatic carbocycles. The number of amides is 1. The van der Waals surface area contributed by atoms with Crippen molar-refractivity contribution in [3.63, 3.8) is 0 Å². The van der Waals surface area contributed by atoms with Crippen LogP contribution in [0, 0.1) is 0 Å². The fraction of sp³-hybridized carbons (Fsp3) is 0.235. The fourth-order valence-electron chi connectivity index (χ4n) is 5.75. The van der Waals surface area contributed by atoms with Gasteiger partial charge in [-0.25, -0.2) is 4.68 Å². The van der Waals surface area contributed by atoms with E-state index in [0.29, 0.717) is 22.9 Å². The van der Waals surface area contributed by atoms with Crippen LogP contribution in [0.25, 0.3) is 0 Å². The minimum atomic E-state index is -0.875. The second-order valence-corrected chi connectivity index (χ2v) is 10.5. The van der Waals surface area contributed by atoms with E-state index in [1.54, 1.807) is 25.3 Å². The van der Waals surface area contributed by atoms with E-state index in [1.807, 2.05) is 59.3 Å². The molecule has 43 heavy (non-hydrogen) atoms. The standard InChI is InChI=1S/C34H34N6O3/c1-42-30-21-25(33(41)36-29-17-19-35-20-18-29)22-31(23-30)43-24-32-37-38-39-40(32)34(26-11-5-2-6-12-26,27-13-7-3-8-14-27)28-15-9-4-10-16-28/h2-16,21-23,29,35H,17-20,24H2,1H3,(H,36,41). The van der Waals surface area contributed by atoms with E-state index >= 15 is 0 Å². The second-order valence-electron chi connectivity index (χ2n) is 10.5. The van der Waals surface area contributed by atoms with Gasteiger partial charge in [0.15, 0.2) is 5.82 Å². The first-order chi connectivity index (χ1) is 21.2. The van der Waals surface area contributed by atoms with Crippen molar-refractivity contribution in [3.05, 3.63) is 137 Å². The number of hydrogen-bond acceptors (Lipinski definition) is 7. The third-order valence-electron chi connectivity index (χ3n) is 7.85. The first-order valence-electron chi connectivity index (χ1n) is 14.5. The lowest BCUT2D eigenvalue weighted by atomic mass is 9.77. The lowest BCUT2D eigenvalue weighted by molar-refractivity contribution is 0.0928. The van der Waals surface area contributed by atoms with Gasteiger partial charge in [0.2, 0.25) is 0 Å². The lowest BCUT2D eigenvalue weighted by Gasteiger charge is -2.36. The van der Waals surface area contributed by atoms with Crippen molar-refractivity contribution in [3.8, 4) is 11.5 Å². The molecule has 1 aromatic heterocycles. The Kier molecular flexibility index (Phi) is 8.42. The van der Waals surface area contributed by atoms with Gasteiger partial charge in [0.05, 0.1) is 7.11 Å². The number of benzene rings is 4. The van der Waals surface area contributed by atoms with E-state index in [9.17, 15) is 4.79 Å². The highest BCUT2D eigenvalue weighted by atomic mass is 16.5. The molecule has 0 unspecified atom stereocenters. The molecule has 1 saturated heterocycles. The molecule has 1 fully saturated rings. The van der Waals surface area contributed by atoms with Crippen LogP contribution in [0.3, 0.4) is 0 Å². The Morgan fingerprint density at radius 2 is 1.42 bits per heavy atom. The summed E-state index contributed by atoms with van der Waals surface area (Å²) in [6.07, 6.45) is 1.79. The van der Waals surface area contributed by atoms with Crippen molar-refractivity contribution in [1.82, 2.24) is 30.8 Å². The highest BCUT2D eigenvalue weighted by molar-refractivity contribution is 5.95. The quantitative estimate of drug-likeness (QED) is 0.235. The smallest absolute Gasteiger partial charge is 0.251 e. The predicted octanol–water partition coefficient (Wildman–Crippen LogP) is 4.58. The molecule has 9 nitrogen and oxygen atoms in total. The van der Waals surface area contributed by atoms with Gasteiger partial charge in [-0.1, -0.05) is 91.0 Å². The lowest BCUT2D eigenvalue weighted by Crippen LogP contribution is -2.42. The van der Waals surface area contributed by atoms with Crippen LogP contribution in [0.5, 0.6) is 11.5 Å². The number of piperidine rings is 1. The Hall–Kier alpha value is -5.02. The van der Waals surface area contributed by atoms with Gasteiger partial charge in [0, 0.05) is 17.7 Å². The average molecular weight is 575 g/mol. The number of carbonyl (C=O) groups excluding carboxylic acids is 1. The van der Waals surface area contributed by atoms with Gasteiger partial charge in [-0.15, -0.1) is 5.10 Å². The number of methoxy groups -OCH3 is 1. The van der Waals surface area contributed by atoms with Gasteiger partial charge in [-0.05, 0) is 65.2 Å². The maximum atomic E-state index is 13.1. The average Bonchev–Trinajstić information content (AvgIpc) is 3.55. The molecule has 9 heteroatoms. The summed E-state index contributed by atoms with van der Waals surface area (Å²) in [6, 6.07) is 35.9. The Labute approximate surface area is 250 Å². The molecule has 2 heterocycles. The van der Waals surface area contributed by atoms with Gasteiger partial charge in [0.1, 0.15) is 23.6 Å². The maximum absolute atomic E-state index is 13.1. The van der Waals surface area contributed by atoms with Crippen LogP contribution in [-0.2, 0) is 12.1 Å². The molecule has 1 aliphatic rings. The minimum Gasteiger partial charge on any atom is -0.497 e. The molecule has 0 saturated carbocycles. The van der Waals surface area contributed by atoms with E-state index in [2.05, 4.69) is 62.6 Å². The molecule has 2 N–H and O–H groups in total. The number of nitrogens with zero attached hydrogens (tertiary/aromatic N) is 4. The van der Waals surface area contributed by atoms with E-state index in [4.69, 9.17) is 9.47 Å². The number of rotatable bonds is 10. The summed E-state index contributed by atoms with van der Waals surface area (Å²) in [6.45, 7) is 1.84. The zero-order chi connectivity index (χ0) is 29.5. The summed E-state index contributed by atoms with van der Waals surface area (Å²) in [5, 5.41) is 19.5. The Morgan fingerprint density at radius 3 is 1.98 bits per heavy atom. The van der Waals surface area contributed by atoms with Crippen molar-refractivity contribution in [2.75, 3.05) is 20.2 Å². The van der Waals surface area contributed by atoms with Gasteiger partial charge in [0.25, 0.3) is 5.91 Å². The first-order valence-corrected chi connectivity index (χ1v) is 14.5. The Balaban J connectivity index is 1.36. The molecular formula is C34H34N6O3. The van der Waals surface area contributed by atoms with Crippen molar-refractivity contribution in [2.45, 2.75) is 31.0 Å². The zero-order valence-electron chi connectivity index (χ0n) is 24.0. The van der Waals surface area contributed by atoms with Crippen LogP contribution in [0.2, 0.25) is 0 Å². The van der Waals surface area contributed by atoms with Crippen molar-refractivity contribution in [2.24, 2.45) is 0 Å². The van der Waals surface area contributed by atoms with Gasteiger partial charge in [-0.2, -0.15) is 0 Å². The Bertz CT molecular complexity index is 1540. The van der Waals surface area contributed by atoms with Crippen molar-refractivity contribution < 1.29 is 14.3 Å². The van der Waals surface area contributed by atoms with E-state index in [0.717, 1.165) is 42.6 Å². The SMILES string of the molecule is COc1cc(OCc2nnnn2C(c2ccccc2)(c2ccccc2)c2ccccc2)cc(C(=O)NC2CCNCC2)c1. The number of carbonyl (C=O) groups is 1. The summed E-state index contributed by atoms with van der Waals surface area (Å²) in [7, 11) is 1.57. The molecule has 1 amide bonds. The highest BCUT2D eigenvalue weighted by Gasteiger charge is 2.41. The van der Waals surface area contributed by atoms with Crippen molar-refractivity contribution in [1.29, 1.82) is 0 Å². The number of aromatic nitrogens is 4. The van der Waals surface area contributed by atoms with Crippen LogP contribution < -0.4 is 20.1 Å². The molecule has 0 radical (unpaired) electrons. The summed E-state index contributed by atoms with van der Waals surface area (Å²) in [5.41, 5.74) is 2.59. The van der Waals surface area contributed by atoms with E-state index in [1.165, 1.54) is 0 Å². The Morgan fingerprint density at radius 1 is 0.860 bits per heavy atom. The molecule has 1 aliphatic heterocycles. The van der Waals surface area contributed by atoms with Gasteiger partial charge >= 0.3 is 0 Å². The fourth-order valence-corrected chi connectivity index (χ4v) is 5.75. The summed E-state index contributed by atoms with van der Waals surface area (Å²) >= 11 is 0. The monoisotopic (exact) mass is 574 g/mol. The van der Waals surface area contributed by atoms with E-state index < -0.39 is 5.54 Å². The number of nitrogens with one attached hydrogen (secondary N) is 2. The second kappa shape index (κ2) is 12.9. The van der Waals surface area contributed by atoms with Crippen LogP contribution in [0.4, 0.5) is 0 Å². The molecule has 0 spiro atoms. The summed E-state index contributed by atoms with van der Waals surface area (Å²) in [4.78, 5) is 13.1. The molecule has 0 bridgehead atoms. The molecule has 5 aromatic rings. The zero-order valence-corrected chi connectivity index (χ0v) is 24.0. The number of hydrogen-bond donors (Lipinski definition) is 2. The topological polar surface area (TPSA) is 103 Å². The summed E-state index contributed by atoms with van der Waals surface area (Å²) < 4.78 is 13.6. The molecule has 6 rings (SSSR count). The molecule has 0 aliphatic carbocycles. The number of ether oxygens (including phenoxy) is 2. The van der Waals surface area contributed by atoms with Crippen LogP contribution >= 0.6 is 0 Å². The van der Waals surface area contributed by atoms with Gasteiger partial charge < -0.3 is 20.1 Å². The van der Waals surface area contributed by atoms with Gasteiger partial charge in [-0.3, -0.25) is 4.79 Å². The minimum absolute atomic E-state index is 0.0593. The first kappa shape index (κ1) is 28.1. The third-order valence-corrected chi connectivity index (χ3v) is 7.85.